The zero-order valence-corrected chi connectivity index (χ0v) is 13.1. The topological polar surface area (TPSA) is 57.8 Å². The predicted octanol–water partition coefficient (Wildman–Crippen LogP) is 0.491. The summed E-state index contributed by atoms with van der Waals surface area (Å²) >= 11 is 0. The van der Waals surface area contributed by atoms with Crippen LogP contribution in [0.5, 0.6) is 0 Å². The standard InChI is InChI=1S/C17H21N3O2/c1-3-22-17(21)15(13-18)12-14-4-6-16(7-5-14)20-10-8-19(2)9-11-20/h4-7,12H,3,8-11H2,1-2H3/p+1/b15-12-. The highest BCUT2D eigenvalue weighted by Gasteiger charge is 2.16. The number of esters is 1. The third-order valence-electron chi connectivity index (χ3n) is 3.80. The molecular formula is C17H22N3O2+. The Morgan fingerprint density at radius 1 is 1.36 bits per heavy atom. The summed E-state index contributed by atoms with van der Waals surface area (Å²) in [7, 11) is 2.21. The third-order valence-corrected chi connectivity index (χ3v) is 3.80. The van der Waals surface area contributed by atoms with Crippen LogP contribution < -0.4 is 9.80 Å². The molecule has 1 aliphatic rings. The molecule has 0 amide bonds. The van der Waals surface area contributed by atoms with Crippen LogP contribution in [0.2, 0.25) is 0 Å². The largest absolute Gasteiger partial charge is 0.462 e. The van der Waals surface area contributed by atoms with E-state index >= 15 is 0 Å². The second-order valence-electron chi connectivity index (χ2n) is 5.43. The molecule has 116 valence electrons. The number of rotatable bonds is 4. The maximum absolute atomic E-state index is 11.6. The highest BCUT2D eigenvalue weighted by molar-refractivity contribution is 5.97. The molecule has 0 bridgehead atoms. The zero-order chi connectivity index (χ0) is 15.9. The second-order valence-corrected chi connectivity index (χ2v) is 5.43. The first-order valence-electron chi connectivity index (χ1n) is 7.59. The minimum absolute atomic E-state index is 0.0257. The lowest BCUT2D eigenvalue weighted by Crippen LogP contribution is -3.12. The molecule has 1 aromatic carbocycles. The number of carbonyl (C=O) groups excluding carboxylic acids is 1. The van der Waals surface area contributed by atoms with Gasteiger partial charge in [-0.05, 0) is 30.7 Å². The Hall–Kier alpha value is -2.32. The van der Waals surface area contributed by atoms with Crippen molar-refractivity contribution in [3.8, 4) is 6.07 Å². The SMILES string of the molecule is CCOC(=O)/C(C#N)=C\c1ccc(N2CC[NH+](C)CC2)cc1. The predicted molar refractivity (Wildman–Crippen MR) is 85.5 cm³/mol. The number of anilines is 1. The third kappa shape index (κ3) is 4.09. The lowest BCUT2D eigenvalue weighted by molar-refractivity contribution is -0.880. The first-order chi connectivity index (χ1) is 10.6. The molecular weight excluding hydrogens is 278 g/mol. The van der Waals surface area contributed by atoms with Gasteiger partial charge in [0.2, 0.25) is 0 Å². The Labute approximate surface area is 131 Å². The maximum Gasteiger partial charge on any atom is 0.348 e. The van der Waals surface area contributed by atoms with Crippen molar-refractivity contribution in [2.75, 3.05) is 44.7 Å². The van der Waals surface area contributed by atoms with Gasteiger partial charge in [-0.2, -0.15) is 5.26 Å². The van der Waals surface area contributed by atoms with Crippen LogP contribution in [0.1, 0.15) is 12.5 Å². The molecule has 0 saturated carbocycles. The molecule has 5 heteroatoms. The Morgan fingerprint density at radius 2 is 2.00 bits per heavy atom. The molecule has 22 heavy (non-hydrogen) atoms. The number of benzene rings is 1. The van der Waals surface area contributed by atoms with Crippen molar-refractivity contribution in [1.29, 1.82) is 5.26 Å². The molecule has 0 radical (unpaired) electrons. The van der Waals surface area contributed by atoms with Gasteiger partial charge in [0, 0.05) is 5.69 Å². The van der Waals surface area contributed by atoms with Gasteiger partial charge < -0.3 is 14.5 Å². The van der Waals surface area contributed by atoms with E-state index < -0.39 is 5.97 Å². The van der Waals surface area contributed by atoms with Crippen molar-refractivity contribution >= 4 is 17.7 Å². The molecule has 1 aromatic rings. The molecule has 0 aliphatic carbocycles. The molecule has 1 fully saturated rings. The van der Waals surface area contributed by atoms with Crippen molar-refractivity contribution in [2.24, 2.45) is 0 Å². The number of nitriles is 1. The molecule has 5 nitrogen and oxygen atoms in total. The molecule has 1 saturated heterocycles. The van der Waals surface area contributed by atoms with E-state index in [2.05, 4.69) is 11.9 Å². The molecule has 1 aliphatic heterocycles. The normalized spacial score (nSPS) is 16.2. The fraction of sp³-hybridized carbons (Fsp3) is 0.412. The fourth-order valence-corrected chi connectivity index (χ4v) is 2.44. The van der Waals surface area contributed by atoms with Gasteiger partial charge in [-0.1, -0.05) is 12.1 Å². The first-order valence-corrected chi connectivity index (χ1v) is 7.59. The van der Waals surface area contributed by atoms with Gasteiger partial charge in [-0.15, -0.1) is 0 Å². The Morgan fingerprint density at radius 3 is 2.55 bits per heavy atom. The summed E-state index contributed by atoms with van der Waals surface area (Å²) in [6, 6.07) is 9.82. The number of piperazine rings is 1. The van der Waals surface area contributed by atoms with Gasteiger partial charge in [0.05, 0.1) is 39.8 Å². The number of carbonyl (C=O) groups is 1. The molecule has 0 unspecified atom stereocenters. The Balaban J connectivity index is 2.08. The van der Waals surface area contributed by atoms with E-state index in [0.717, 1.165) is 31.7 Å². The van der Waals surface area contributed by atoms with Crippen LogP contribution in [0.4, 0.5) is 5.69 Å². The average molecular weight is 300 g/mol. The molecule has 0 aromatic heterocycles. The van der Waals surface area contributed by atoms with Gasteiger partial charge in [-0.3, -0.25) is 0 Å². The van der Waals surface area contributed by atoms with Crippen molar-refractivity contribution in [1.82, 2.24) is 0 Å². The fourth-order valence-electron chi connectivity index (χ4n) is 2.44. The van der Waals surface area contributed by atoms with Crippen molar-refractivity contribution < 1.29 is 14.4 Å². The minimum Gasteiger partial charge on any atom is -0.462 e. The molecule has 0 atom stereocenters. The Bertz CT molecular complexity index is 579. The lowest BCUT2D eigenvalue weighted by Gasteiger charge is -2.31. The minimum atomic E-state index is -0.573. The van der Waals surface area contributed by atoms with Crippen LogP contribution >= 0.6 is 0 Å². The van der Waals surface area contributed by atoms with Gasteiger partial charge >= 0.3 is 5.97 Å². The highest BCUT2D eigenvalue weighted by atomic mass is 16.5. The number of nitrogens with one attached hydrogen (secondary N) is 1. The van der Waals surface area contributed by atoms with Crippen LogP contribution in [0.3, 0.4) is 0 Å². The monoisotopic (exact) mass is 300 g/mol. The van der Waals surface area contributed by atoms with E-state index in [0.29, 0.717) is 0 Å². The number of quaternary nitrogens is 1. The van der Waals surface area contributed by atoms with Crippen LogP contribution in [0, 0.1) is 11.3 Å². The van der Waals surface area contributed by atoms with Gasteiger partial charge in [0.25, 0.3) is 0 Å². The molecule has 1 heterocycles. The maximum atomic E-state index is 11.6. The van der Waals surface area contributed by atoms with Crippen LogP contribution in [0.25, 0.3) is 6.08 Å². The van der Waals surface area contributed by atoms with E-state index in [-0.39, 0.29) is 12.2 Å². The quantitative estimate of drug-likeness (QED) is 0.499. The van der Waals surface area contributed by atoms with Crippen molar-refractivity contribution in [2.45, 2.75) is 6.92 Å². The Kier molecular flexibility index (Phi) is 5.56. The molecule has 0 spiro atoms. The summed E-state index contributed by atoms with van der Waals surface area (Å²) < 4.78 is 4.86. The van der Waals surface area contributed by atoms with E-state index in [4.69, 9.17) is 10.00 Å². The summed E-state index contributed by atoms with van der Waals surface area (Å²) in [4.78, 5) is 15.5. The van der Waals surface area contributed by atoms with Crippen LogP contribution in [-0.2, 0) is 9.53 Å². The van der Waals surface area contributed by atoms with Crippen molar-refractivity contribution in [3.05, 3.63) is 35.4 Å². The number of hydrogen-bond acceptors (Lipinski definition) is 4. The number of nitrogens with zero attached hydrogens (tertiary/aromatic N) is 2. The van der Waals surface area contributed by atoms with E-state index in [1.165, 1.54) is 5.69 Å². The zero-order valence-electron chi connectivity index (χ0n) is 13.1. The van der Waals surface area contributed by atoms with E-state index in [1.807, 2.05) is 30.3 Å². The van der Waals surface area contributed by atoms with Crippen LogP contribution in [-0.4, -0.2) is 45.8 Å². The summed E-state index contributed by atoms with van der Waals surface area (Å²) in [5.74, 6) is -0.573. The average Bonchev–Trinajstić information content (AvgIpc) is 2.54. The van der Waals surface area contributed by atoms with Crippen molar-refractivity contribution in [3.63, 3.8) is 0 Å². The lowest BCUT2D eigenvalue weighted by atomic mass is 10.1. The van der Waals surface area contributed by atoms with Gasteiger partial charge in [0.1, 0.15) is 11.6 Å². The van der Waals surface area contributed by atoms with Gasteiger partial charge in [-0.25, -0.2) is 4.79 Å². The number of ether oxygens (including phenoxy) is 1. The summed E-state index contributed by atoms with van der Waals surface area (Å²) in [5.41, 5.74) is 2.03. The molecule has 2 rings (SSSR count). The summed E-state index contributed by atoms with van der Waals surface area (Å²) in [5, 5.41) is 9.04. The highest BCUT2D eigenvalue weighted by Crippen LogP contribution is 2.17. The number of likely N-dealkylation sites (N-methyl/N-ethyl adjacent to an activating group) is 1. The van der Waals surface area contributed by atoms with Gasteiger partial charge in [0.15, 0.2) is 0 Å². The summed E-state index contributed by atoms with van der Waals surface area (Å²) in [6.45, 7) is 6.37. The van der Waals surface area contributed by atoms with E-state index in [9.17, 15) is 4.79 Å². The summed E-state index contributed by atoms with van der Waals surface area (Å²) in [6.07, 6.45) is 1.57. The van der Waals surface area contributed by atoms with Crippen LogP contribution in [0.15, 0.2) is 29.8 Å². The first kappa shape index (κ1) is 16.1. The van der Waals surface area contributed by atoms with E-state index in [1.54, 1.807) is 17.9 Å². The smallest absolute Gasteiger partial charge is 0.348 e. The number of hydrogen-bond donors (Lipinski definition) is 1. The second kappa shape index (κ2) is 7.62. The molecule has 1 N–H and O–H groups in total.